The Bertz CT molecular complexity index is 829. The number of amides is 1. The fourth-order valence-corrected chi connectivity index (χ4v) is 4.50. The molecule has 0 aliphatic carbocycles. The predicted molar refractivity (Wildman–Crippen MR) is 102 cm³/mol. The minimum Gasteiger partial charge on any atom is -0.491 e. The second kappa shape index (κ2) is 6.72. The van der Waals surface area contributed by atoms with Crippen LogP contribution in [-0.4, -0.2) is 58.0 Å². The van der Waals surface area contributed by atoms with Gasteiger partial charge in [-0.3, -0.25) is 4.90 Å². The zero-order chi connectivity index (χ0) is 20.2. The molecular formula is C19H23F2N3O3S. The van der Waals surface area contributed by atoms with E-state index in [2.05, 4.69) is 5.32 Å². The summed E-state index contributed by atoms with van der Waals surface area (Å²) in [6.07, 6.45) is 0.580. The first kappa shape index (κ1) is 19.2. The van der Waals surface area contributed by atoms with Crippen LogP contribution in [0.2, 0.25) is 0 Å². The lowest BCUT2D eigenvalue weighted by Gasteiger charge is -2.36. The Balaban J connectivity index is 1.50. The molecule has 0 saturated carbocycles. The molecule has 1 amide bonds. The zero-order valence-electron chi connectivity index (χ0n) is 16.0. The second-order valence-electron chi connectivity index (χ2n) is 8.37. The van der Waals surface area contributed by atoms with Gasteiger partial charge >= 0.3 is 6.09 Å². The van der Waals surface area contributed by atoms with E-state index in [1.54, 1.807) is 4.90 Å². The highest BCUT2D eigenvalue weighted by molar-refractivity contribution is 7.80. The van der Waals surface area contributed by atoms with Gasteiger partial charge in [-0.05, 0) is 57.5 Å². The van der Waals surface area contributed by atoms with Gasteiger partial charge in [0.15, 0.2) is 16.7 Å². The van der Waals surface area contributed by atoms with Crippen LogP contribution in [0.5, 0.6) is 5.75 Å². The van der Waals surface area contributed by atoms with Gasteiger partial charge in [-0.2, -0.15) is 0 Å². The standard InChI is InChI=1S/C19H23F2N3O3S/c1-19(2,3)27-18(25)23-5-4-14-16(23)22-17(28)24(14)11-6-10-7-12(20)13(21)8-15(10)26-9-11/h7-8,11,14,16H,4-6,9H2,1-3H3,(H,22,28)/t11-,14?,16?/m1/s1. The third-order valence-corrected chi connectivity index (χ3v) is 5.57. The maximum atomic E-state index is 13.6. The second-order valence-corrected chi connectivity index (χ2v) is 8.76. The Morgan fingerprint density at radius 3 is 2.75 bits per heavy atom. The molecule has 0 aromatic heterocycles. The van der Waals surface area contributed by atoms with Crippen molar-refractivity contribution in [1.82, 2.24) is 15.1 Å². The van der Waals surface area contributed by atoms with Crippen molar-refractivity contribution in [3.05, 3.63) is 29.3 Å². The summed E-state index contributed by atoms with van der Waals surface area (Å²) in [5, 5.41) is 3.75. The molecule has 0 bridgehead atoms. The van der Waals surface area contributed by atoms with Gasteiger partial charge in [0.05, 0.1) is 12.1 Å². The van der Waals surface area contributed by atoms with Crippen molar-refractivity contribution in [2.24, 2.45) is 0 Å². The molecule has 2 saturated heterocycles. The number of rotatable bonds is 1. The molecule has 28 heavy (non-hydrogen) atoms. The molecule has 2 unspecified atom stereocenters. The normalized spacial score (nSPS) is 26.5. The first-order valence-corrected chi connectivity index (χ1v) is 9.74. The maximum Gasteiger partial charge on any atom is 0.412 e. The van der Waals surface area contributed by atoms with Gasteiger partial charge in [0.1, 0.15) is 24.1 Å². The van der Waals surface area contributed by atoms with Crippen molar-refractivity contribution >= 4 is 23.4 Å². The van der Waals surface area contributed by atoms with Gasteiger partial charge in [0.2, 0.25) is 0 Å². The average molecular weight is 411 g/mol. The number of hydrogen-bond acceptors (Lipinski definition) is 4. The number of nitrogens with one attached hydrogen (secondary N) is 1. The summed E-state index contributed by atoms with van der Waals surface area (Å²) in [7, 11) is 0. The van der Waals surface area contributed by atoms with Crippen molar-refractivity contribution in [3.8, 4) is 5.75 Å². The molecule has 3 aliphatic heterocycles. The summed E-state index contributed by atoms with van der Waals surface area (Å²) >= 11 is 5.52. The van der Waals surface area contributed by atoms with Crippen molar-refractivity contribution in [1.29, 1.82) is 0 Å². The number of fused-ring (bicyclic) bond motifs is 2. The van der Waals surface area contributed by atoms with Crippen LogP contribution in [0, 0.1) is 11.6 Å². The number of carbonyl (C=O) groups excluding carboxylic acids is 1. The lowest BCUT2D eigenvalue weighted by atomic mass is 10.00. The quantitative estimate of drug-likeness (QED) is 0.718. The Morgan fingerprint density at radius 1 is 1.32 bits per heavy atom. The van der Waals surface area contributed by atoms with E-state index in [-0.39, 0.29) is 24.3 Å². The zero-order valence-corrected chi connectivity index (χ0v) is 16.8. The van der Waals surface area contributed by atoms with E-state index in [9.17, 15) is 13.6 Å². The minimum absolute atomic E-state index is 0.0135. The molecule has 6 nitrogen and oxygen atoms in total. The van der Waals surface area contributed by atoms with E-state index in [1.165, 1.54) is 6.07 Å². The monoisotopic (exact) mass is 411 g/mol. The number of likely N-dealkylation sites (tertiary alicyclic amines) is 1. The molecule has 1 aromatic rings. The summed E-state index contributed by atoms with van der Waals surface area (Å²) in [5.41, 5.74) is 0.0391. The number of hydrogen-bond donors (Lipinski definition) is 1. The van der Waals surface area contributed by atoms with Crippen LogP contribution >= 0.6 is 12.2 Å². The van der Waals surface area contributed by atoms with Crippen molar-refractivity contribution in [3.63, 3.8) is 0 Å². The van der Waals surface area contributed by atoms with Crippen LogP contribution in [0.1, 0.15) is 32.8 Å². The third kappa shape index (κ3) is 3.36. The summed E-state index contributed by atoms with van der Waals surface area (Å²) in [5.74, 6) is -1.44. The first-order valence-electron chi connectivity index (χ1n) is 9.33. The van der Waals surface area contributed by atoms with E-state index in [0.717, 1.165) is 12.5 Å². The van der Waals surface area contributed by atoms with Crippen LogP contribution in [0.4, 0.5) is 13.6 Å². The van der Waals surface area contributed by atoms with E-state index >= 15 is 0 Å². The Kier molecular flexibility index (Phi) is 4.60. The van der Waals surface area contributed by atoms with Gasteiger partial charge in [-0.1, -0.05) is 0 Å². The largest absolute Gasteiger partial charge is 0.491 e. The van der Waals surface area contributed by atoms with Crippen LogP contribution in [0.25, 0.3) is 0 Å². The topological polar surface area (TPSA) is 54.0 Å². The lowest BCUT2D eigenvalue weighted by Crippen LogP contribution is -2.49. The number of ether oxygens (including phenoxy) is 2. The molecule has 3 atom stereocenters. The molecule has 152 valence electrons. The number of carbonyl (C=O) groups is 1. The molecule has 3 heterocycles. The summed E-state index contributed by atoms with van der Waals surface area (Å²) < 4.78 is 38.3. The van der Waals surface area contributed by atoms with Crippen molar-refractivity contribution < 1.29 is 23.0 Å². The Hall–Kier alpha value is -2.16. The van der Waals surface area contributed by atoms with Crippen LogP contribution in [0.15, 0.2) is 12.1 Å². The fourth-order valence-electron chi connectivity index (χ4n) is 4.10. The summed E-state index contributed by atoms with van der Waals surface area (Å²) in [6, 6.07) is 2.14. The predicted octanol–water partition coefficient (Wildman–Crippen LogP) is 2.79. The molecule has 3 aliphatic rings. The molecule has 0 radical (unpaired) electrons. The molecule has 9 heteroatoms. The van der Waals surface area contributed by atoms with Crippen molar-refractivity contribution in [2.75, 3.05) is 13.2 Å². The van der Waals surface area contributed by atoms with Crippen molar-refractivity contribution in [2.45, 2.75) is 57.5 Å². The third-order valence-electron chi connectivity index (χ3n) is 5.24. The highest BCUT2D eigenvalue weighted by atomic mass is 32.1. The number of benzene rings is 1. The molecule has 4 rings (SSSR count). The first-order chi connectivity index (χ1) is 13.1. The minimum atomic E-state index is -0.917. The highest BCUT2D eigenvalue weighted by Crippen LogP contribution is 2.34. The smallest absolute Gasteiger partial charge is 0.412 e. The summed E-state index contributed by atoms with van der Waals surface area (Å²) in [4.78, 5) is 16.2. The highest BCUT2D eigenvalue weighted by Gasteiger charge is 2.50. The summed E-state index contributed by atoms with van der Waals surface area (Å²) in [6.45, 7) is 6.36. The van der Waals surface area contributed by atoms with E-state index in [0.29, 0.717) is 36.0 Å². The van der Waals surface area contributed by atoms with Gasteiger partial charge in [-0.15, -0.1) is 0 Å². The SMILES string of the molecule is CC(C)(C)OC(=O)N1CCC2C1NC(=S)N2[C@H]1COc2cc(F)c(F)cc2C1. The number of halogens is 2. The average Bonchev–Trinajstić information content (AvgIpc) is 3.11. The van der Waals surface area contributed by atoms with Gasteiger partial charge in [0.25, 0.3) is 0 Å². The Morgan fingerprint density at radius 2 is 2.04 bits per heavy atom. The van der Waals surface area contributed by atoms with Gasteiger partial charge in [0, 0.05) is 12.6 Å². The number of nitrogens with zero attached hydrogens (tertiary/aromatic N) is 2. The van der Waals surface area contributed by atoms with Gasteiger partial charge < -0.3 is 19.7 Å². The van der Waals surface area contributed by atoms with E-state index < -0.39 is 17.2 Å². The molecule has 1 N–H and O–H groups in total. The lowest BCUT2D eigenvalue weighted by molar-refractivity contribution is 0.0203. The molecular weight excluding hydrogens is 388 g/mol. The van der Waals surface area contributed by atoms with Crippen LogP contribution < -0.4 is 10.1 Å². The van der Waals surface area contributed by atoms with Crippen LogP contribution in [0.3, 0.4) is 0 Å². The number of thiocarbonyl (C=S) groups is 1. The molecule has 0 spiro atoms. The fraction of sp³-hybridized carbons (Fsp3) is 0.579. The van der Waals surface area contributed by atoms with Crippen LogP contribution in [-0.2, 0) is 11.2 Å². The molecule has 1 aromatic carbocycles. The van der Waals surface area contributed by atoms with E-state index in [1.807, 2.05) is 25.7 Å². The van der Waals surface area contributed by atoms with E-state index in [4.69, 9.17) is 21.7 Å². The Labute approximate surface area is 167 Å². The molecule has 2 fully saturated rings. The van der Waals surface area contributed by atoms with Gasteiger partial charge in [-0.25, -0.2) is 13.6 Å². The maximum absolute atomic E-state index is 13.6.